The first-order chi connectivity index (χ1) is 7.13. The van der Waals surface area contributed by atoms with Crippen LogP contribution in [0.5, 0.6) is 0 Å². The molecule has 99 valence electrons. The number of nitro groups is 1. The van der Waals surface area contributed by atoms with Gasteiger partial charge in [-0.3, -0.25) is 5.43 Å². The van der Waals surface area contributed by atoms with Crippen LogP contribution in [-0.2, 0) is 6.54 Å². The first-order valence-corrected chi connectivity index (χ1v) is 5.24. The van der Waals surface area contributed by atoms with Crippen molar-refractivity contribution in [2.75, 3.05) is 18.2 Å². The van der Waals surface area contributed by atoms with Crippen molar-refractivity contribution in [2.24, 2.45) is 0 Å². The van der Waals surface area contributed by atoms with Gasteiger partial charge in [0.15, 0.2) is 0 Å². The van der Waals surface area contributed by atoms with Gasteiger partial charge >= 0.3 is 11.6 Å². The summed E-state index contributed by atoms with van der Waals surface area (Å²) in [5.41, 5.74) is 1.90. The fourth-order valence-corrected chi connectivity index (χ4v) is 1.75. The first kappa shape index (κ1) is 19.7. The van der Waals surface area contributed by atoms with Crippen LogP contribution in [-0.4, -0.2) is 77.2 Å². The van der Waals surface area contributed by atoms with Gasteiger partial charge in [-0.1, -0.05) is 11.9 Å². The largest absolute Gasteiger partial charge is 0.428 e. The zero-order valence-corrected chi connectivity index (χ0v) is 12.6. The summed E-state index contributed by atoms with van der Waals surface area (Å²) >= 11 is 1.42. The van der Waals surface area contributed by atoms with Gasteiger partial charge in [0, 0.05) is 29.6 Å². The molecule has 1 aromatic heterocycles. The molecule has 0 spiro atoms. The van der Waals surface area contributed by atoms with Crippen molar-refractivity contribution in [3.05, 3.63) is 20.6 Å². The summed E-state index contributed by atoms with van der Waals surface area (Å²) in [6, 6.07) is 0. The third-order valence-electron chi connectivity index (χ3n) is 1.96. The van der Waals surface area contributed by atoms with E-state index in [9.17, 15) is 14.9 Å². The van der Waals surface area contributed by atoms with Crippen LogP contribution in [0.1, 0.15) is 0 Å². The zero-order chi connectivity index (χ0) is 11.0. The fourth-order valence-electron chi connectivity index (χ4n) is 1.32. The van der Waals surface area contributed by atoms with E-state index in [2.05, 4.69) is 10.4 Å². The SMILES string of the molecule is CSN1CCn2c(nc(=O)n2[N+](=O)[O-])N1.O.O.[Na]. The number of hydrogen-bond acceptors (Lipinski definition) is 7. The third-order valence-corrected chi connectivity index (χ3v) is 2.68. The predicted octanol–water partition coefficient (Wildman–Crippen LogP) is -3.03. The summed E-state index contributed by atoms with van der Waals surface area (Å²) in [6.07, 6.45) is 1.85. The minimum Gasteiger partial charge on any atom is -0.412 e. The molecule has 18 heavy (non-hydrogen) atoms. The van der Waals surface area contributed by atoms with E-state index < -0.39 is 10.7 Å². The van der Waals surface area contributed by atoms with E-state index in [1.165, 1.54) is 16.6 Å². The Morgan fingerprint density at radius 1 is 1.44 bits per heavy atom. The molecular formula is C5H12N6NaO5S. The van der Waals surface area contributed by atoms with Gasteiger partial charge in [-0.2, -0.15) is 4.41 Å². The van der Waals surface area contributed by atoms with Gasteiger partial charge in [0.2, 0.25) is 0 Å². The zero-order valence-electron chi connectivity index (χ0n) is 9.78. The topological polar surface area (TPSA) is 161 Å². The third kappa shape index (κ3) is 3.44. The standard InChI is InChI=1S/C5H8N6O3S.Na.2H2O/c1-15-9-3-2-8-4(7-9)6-5(12)10(8)11(13)14;;;/h2-3H2,1H3,(H,6,7,12);;2*1H2. The number of fused-ring (bicyclic) bond motifs is 1. The molecule has 1 radical (unpaired) electrons. The van der Waals surface area contributed by atoms with Crippen molar-refractivity contribution in [3.63, 3.8) is 0 Å². The number of hydrogen-bond donors (Lipinski definition) is 1. The van der Waals surface area contributed by atoms with E-state index >= 15 is 0 Å². The van der Waals surface area contributed by atoms with Crippen molar-refractivity contribution in [1.82, 2.24) is 18.9 Å². The molecule has 2 rings (SSSR count). The quantitative estimate of drug-likeness (QED) is 0.262. The van der Waals surface area contributed by atoms with Gasteiger partial charge in [0.25, 0.3) is 0 Å². The van der Waals surface area contributed by atoms with Crippen molar-refractivity contribution in [2.45, 2.75) is 6.54 Å². The smallest absolute Gasteiger partial charge is 0.412 e. The number of rotatable bonds is 2. The first-order valence-electron chi connectivity index (χ1n) is 4.06. The predicted molar refractivity (Wildman–Crippen MR) is 65.7 cm³/mol. The second-order valence-corrected chi connectivity index (χ2v) is 3.57. The molecule has 1 aliphatic heterocycles. The fraction of sp³-hybridized carbons (Fsp3) is 0.600. The summed E-state index contributed by atoms with van der Waals surface area (Å²) in [7, 11) is 0. The van der Waals surface area contributed by atoms with E-state index in [1.54, 1.807) is 4.41 Å². The van der Waals surface area contributed by atoms with Crippen molar-refractivity contribution in [1.29, 1.82) is 0 Å². The molecule has 0 bridgehead atoms. The Bertz CT molecular complexity index is 462. The second-order valence-electron chi connectivity index (χ2n) is 2.76. The molecule has 0 amide bonds. The molecule has 0 saturated carbocycles. The average Bonchev–Trinajstić information content (AvgIpc) is 2.52. The maximum absolute atomic E-state index is 11.2. The van der Waals surface area contributed by atoms with Crippen molar-refractivity contribution in [3.8, 4) is 0 Å². The van der Waals surface area contributed by atoms with Crippen LogP contribution in [0.25, 0.3) is 0 Å². The molecule has 1 aromatic rings. The Labute approximate surface area is 127 Å². The molecule has 0 fully saturated rings. The Kier molecular flexibility index (Phi) is 8.46. The summed E-state index contributed by atoms with van der Waals surface area (Å²) in [5.74, 6) is 0.192. The van der Waals surface area contributed by atoms with E-state index in [0.717, 1.165) is 0 Å². The molecule has 11 nitrogen and oxygen atoms in total. The maximum atomic E-state index is 11.2. The molecule has 2 heterocycles. The summed E-state index contributed by atoms with van der Waals surface area (Å²) < 4.78 is 2.95. The summed E-state index contributed by atoms with van der Waals surface area (Å²) in [4.78, 5) is 25.7. The minimum absolute atomic E-state index is 0. The van der Waals surface area contributed by atoms with Gasteiger partial charge in [-0.15, -0.1) is 9.67 Å². The number of nitrogens with one attached hydrogen (secondary N) is 1. The van der Waals surface area contributed by atoms with Gasteiger partial charge in [0.1, 0.15) is 6.54 Å². The molecule has 0 aromatic carbocycles. The van der Waals surface area contributed by atoms with Gasteiger partial charge < -0.3 is 21.1 Å². The Morgan fingerprint density at radius 3 is 2.56 bits per heavy atom. The number of aromatic nitrogens is 3. The van der Waals surface area contributed by atoms with Crippen LogP contribution in [0.3, 0.4) is 0 Å². The van der Waals surface area contributed by atoms with E-state index in [-0.39, 0.29) is 46.5 Å². The Morgan fingerprint density at radius 2 is 2.06 bits per heavy atom. The average molecular weight is 291 g/mol. The molecule has 13 heteroatoms. The van der Waals surface area contributed by atoms with Crippen LogP contribution in [0.4, 0.5) is 5.95 Å². The Hall–Kier alpha value is -0.630. The van der Waals surface area contributed by atoms with Crippen LogP contribution < -0.4 is 11.1 Å². The molecule has 1 aliphatic rings. The number of hydrazine groups is 1. The normalized spacial score (nSPS) is 13.2. The summed E-state index contributed by atoms with van der Waals surface area (Å²) in [6.45, 7) is 0.900. The van der Waals surface area contributed by atoms with Crippen LogP contribution in [0, 0.1) is 10.1 Å². The monoisotopic (exact) mass is 291 g/mol. The Balaban J connectivity index is 0. The van der Waals surface area contributed by atoms with E-state index in [0.29, 0.717) is 17.9 Å². The van der Waals surface area contributed by atoms with E-state index in [1.807, 2.05) is 6.26 Å². The van der Waals surface area contributed by atoms with Gasteiger partial charge in [-0.05, 0) is 6.26 Å². The van der Waals surface area contributed by atoms with Crippen molar-refractivity contribution < 1.29 is 16.0 Å². The maximum Gasteiger partial charge on any atom is 0.428 e. The van der Waals surface area contributed by atoms with Crippen LogP contribution >= 0.6 is 11.9 Å². The molecule has 0 unspecified atom stereocenters. The van der Waals surface area contributed by atoms with Crippen molar-refractivity contribution >= 4 is 47.5 Å². The van der Waals surface area contributed by atoms with Gasteiger partial charge in [0.05, 0.1) is 16.4 Å². The number of anilines is 1. The summed E-state index contributed by atoms with van der Waals surface area (Å²) in [5, 5.41) is 9.78. The molecular weight excluding hydrogens is 279 g/mol. The molecule has 0 saturated heterocycles. The van der Waals surface area contributed by atoms with Gasteiger partial charge in [-0.25, -0.2) is 4.79 Å². The molecule has 0 atom stereocenters. The minimum atomic E-state index is -0.884. The number of nitrogens with zero attached hydrogens (tertiary/aromatic N) is 5. The van der Waals surface area contributed by atoms with E-state index in [4.69, 9.17) is 0 Å². The molecule has 0 aliphatic carbocycles. The van der Waals surface area contributed by atoms with Crippen LogP contribution in [0.15, 0.2) is 4.79 Å². The molecule has 5 N–H and O–H groups in total. The van der Waals surface area contributed by atoms with Crippen LogP contribution in [0.2, 0.25) is 0 Å². The second kappa shape index (κ2) is 7.73.